The SMILES string of the molecule is Cn1ncc(NC(=O)c2nc(-c3c(F)cccc3F)sc2N)c1N1CC[C@@H](N)[C@@H](F)CC1. The summed E-state index contributed by atoms with van der Waals surface area (Å²) in [6.45, 7) is 0.909. The van der Waals surface area contributed by atoms with Crippen molar-refractivity contribution in [3.8, 4) is 10.6 Å². The Bertz CT molecular complexity index is 1120. The number of hydrogen-bond acceptors (Lipinski definition) is 7. The Morgan fingerprint density at radius 2 is 1.94 bits per heavy atom. The van der Waals surface area contributed by atoms with Gasteiger partial charge in [0.2, 0.25) is 0 Å². The van der Waals surface area contributed by atoms with Crippen molar-refractivity contribution in [3.63, 3.8) is 0 Å². The normalized spacial score (nSPS) is 19.1. The average molecular weight is 466 g/mol. The molecule has 12 heteroatoms. The third-order valence-electron chi connectivity index (χ3n) is 5.37. The first-order chi connectivity index (χ1) is 15.3. The van der Waals surface area contributed by atoms with Crippen LogP contribution in [0.3, 0.4) is 0 Å². The predicted molar refractivity (Wildman–Crippen MR) is 117 cm³/mol. The molecule has 0 spiro atoms. The summed E-state index contributed by atoms with van der Waals surface area (Å²) in [5, 5.41) is 6.89. The molecule has 3 aromatic rings. The third-order valence-corrected chi connectivity index (χ3v) is 6.27. The number of alkyl halides is 1. The van der Waals surface area contributed by atoms with Gasteiger partial charge >= 0.3 is 0 Å². The van der Waals surface area contributed by atoms with Crippen molar-refractivity contribution in [2.24, 2.45) is 12.8 Å². The number of nitrogens with zero attached hydrogens (tertiary/aromatic N) is 4. The number of nitrogens with two attached hydrogens (primary N) is 2. The van der Waals surface area contributed by atoms with Crippen LogP contribution in [-0.2, 0) is 7.05 Å². The molecule has 0 radical (unpaired) electrons. The summed E-state index contributed by atoms with van der Waals surface area (Å²) < 4.78 is 43.8. The molecule has 4 rings (SSSR count). The highest BCUT2D eigenvalue weighted by Gasteiger charge is 2.28. The number of carbonyl (C=O) groups excluding carboxylic acids is 1. The van der Waals surface area contributed by atoms with Crippen molar-refractivity contribution in [2.45, 2.75) is 25.1 Å². The smallest absolute Gasteiger partial charge is 0.277 e. The van der Waals surface area contributed by atoms with Crippen LogP contribution in [-0.4, -0.2) is 46.0 Å². The van der Waals surface area contributed by atoms with E-state index in [0.29, 0.717) is 31.0 Å². The molecule has 0 saturated carbocycles. The molecule has 2 atom stereocenters. The van der Waals surface area contributed by atoms with E-state index in [1.807, 2.05) is 4.90 Å². The molecule has 2 aromatic heterocycles. The van der Waals surface area contributed by atoms with E-state index < -0.39 is 29.8 Å². The number of carbonyl (C=O) groups is 1. The monoisotopic (exact) mass is 465 g/mol. The highest BCUT2D eigenvalue weighted by atomic mass is 32.1. The summed E-state index contributed by atoms with van der Waals surface area (Å²) >= 11 is 0.814. The number of nitrogen functional groups attached to an aromatic ring is 1. The molecule has 1 aliphatic rings. The molecule has 8 nitrogen and oxygen atoms in total. The van der Waals surface area contributed by atoms with Gasteiger partial charge in [0.05, 0.1) is 11.8 Å². The molecule has 1 aromatic carbocycles. The van der Waals surface area contributed by atoms with Crippen LogP contribution < -0.4 is 21.7 Å². The fourth-order valence-corrected chi connectivity index (χ4v) is 4.56. The largest absolute Gasteiger partial charge is 0.389 e. The fourth-order valence-electron chi connectivity index (χ4n) is 3.68. The predicted octanol–water partition coefficient (Wildman–Crippen LogP) is 2.92. The summed E-state index contributed by atoms with van der Waals surface area (Å²) in [4.78, 5) is 18.9. The Morgan fingerprint density at radius 3 is 2.66 bits per heavy atom. The van der Waals surface area contributed by atoms with Crippen molar-refractivity contribution in [1.82, 2.24) is 14.8 Å². The minimum atomic E-state index is -1.10. The van der Waals surface area contributed by atoms with Crippen molar-refractivity contribution >= 4 is 33.8 Å². The van der Waals surface area contributed by atoms with Crippen LogP contribution in [0.2, 0.25) is 0 Å². The number of aromatic nitrogens is 3. The molecule has 1 fully saturated rings. The Morgan fingerprint density at radius 1 is 1.25 bits per heavy atom. The van der Waals surface area contributed by atoms with E-state index in [9.17, 15) is 18.0 Å². The van der Waals surface area contributed by atoms with E-state index in [2.05, 4.69) is 15.4 Å². The molecular formula is C20H22F3N7OS. The van der Waals surface area contributed by atoms with Gasteiger partial charge in [0.1, 0.15) is 33.5 Å². The quantitative estimate of drug-likeness (QED) is 0.546. The zero-order chi connectivity index (χ0) is 23.0. The number of halogens is 3. The summed E-state index contributed by atoms with van der Waals surface area (Å²) in [6, 6.07) is 2.90. The Labute approximate surface area is 186 Å². The lowest BCUT2D eigenvalue weighted by atomic mass is 10.1. The summed E-state index contributed by atoms with van der Waals surface area (Å²) in [5.41, 5.74) is 11.7. The van der Waals surface area contributed by atoms with Gasteiger partial charge in [0, 0.05) is 26.2 Å². The van der Waals surface area contributed by atoms with Gasteiger partial charge in [-0.05, 0) is 25.0 Å². The number of benzene rings is 1. The molecule has 170 valence electrons. The molecule has 1 saturated heterocycles. The maximum atomic E-state index is 14.1. The van der Waals surface area contributed by atoms with Gasteiger partial charge in [-0.3, -0.25) is 9.48 Å². The lowest BCUT2D eigenvalue weighted by Crippen LogP contribution is -2.31. The van der Waals surface area contributed by atoms with E-state index >= 15 is 0 Å². The first-order valence-electron chi connectivity index (χ1n) is 9.95. The average Bonchev–Trinajstić information content (AvgIpc) is 3.25. The molecule has 3 heterocycles. The van der Waals surface area contributed by atoms with E-state index in [0.717, 1.165) is 23.5 Å². The van der Waals surface area contributed by atoms with E-state index in [1.54, 1.807) is 11.7 Å². The van der Waals surface area contributed by atoms with Gasteiger partial charge in [-0.1, -0.05) is 17.4 Å². The number of hydrogen-bond donors (Lipinski definition) is 3. The minimum Gasteiger partial charge on any atom is -0.389 e. The number of anilines is 3. The lowest BCUT2D eigenvalue weighted by Gasteiger charge is -2.24. The van der Waals surface area contributed by atoms with Crippen molar-refractivity contribution in [1.29, 1.82) is 0 Å². The van der Waals surface area contributed by atoms with Crippen molar-refractivity contribution in [3.05, 3.63) is 41.7 Å². The second-order valence-corrected chi connectivity index (χ2v) is 8.56. The zero-order valence-corrected chi connectivity index (χ0v) is 18.0. The van der Waals surface area contributed by atoms with E-state index in [-0.39, 0.29) is 27.7 Å². The highest BCUT2D eigenvalue weighted by Crippen LogP contribution is 2.34. The van der Waals surface area contributed by atoms with Crippen LogP contribution in [0.4, 0.5) is 29.7 Å². The van der Waals surface area contributed by atoms with Crippen LogP contribution >= 0.6 is 11.3 Å². The Kier molecular flexibility index (Phi) is 6.07. The number of rotatable bonds is 4. The van der Waals surface area contributed by atoms with Crippen LogP contribution in [0, 0.1) is 11.6 Å². The molecule has 1 aliphatic heterocycles. The van der Waals surface area contributed by atoms with Gasteiger partial charge < -0.3 is 21.7 Å². The maximum Gasteiger partial charge on any atom is 0.277 e. The molecule has 0 aliphatic carbocycles. The first-order valence-corrected chi connectivity index (χ1v) is 10.8. The molecule has 0 bridgehead atoms. The lowest BCUT2D eigenvalue weighted by molar-refractivity contribution is 0.102. The molecule has 32 heavy (non-hydrogen) atoms. The third kappa shape index (κ3) is 4.15. The van der Waals surface area contributed by atoms with Gasteiger partial charge in [-0.2, -0.15) is 5.10 Å². The van der Waals surface area contributed by atoms with E-state index in [4.69, 9.17) is 11.5 Å². The zero-order valence-electron chi connectivity index (χ0n) is 17.2. The standard InChI is InChI=1S/C20H22F3N7OS/c1-29-20(30-7-5-10(21)13(24)6-8-30)14(9-26-29)27-18(31)16-17(25)32-19(28-16)15-11(22)3-2-4-12(15)23/h2-4,9-10,13H,5-8,24-25H2,1H3,(H,27,31)/t10-,13+/m0/s1. The summed E-state index contributed by atoms with van der Waals surface area (Å²) in [7, 11) is 1.71. The van der Waals surface area contributed by atoms with Gasteiger partial charge in [-0.15, -0.1) is 0 Å². The van der Waals surface area contributed by atoms with Crippen molar-refractivity contribution in [2.75, 3.05) is 29.0 Å². The van der Waals surface area contributed by atoms with Crippen LogP contribution in [0.5, 0.6) is 0 Å². The molecule has 5 N–H and O–H groups in total. The maximum absolute atomic E-state index is 14.1. The number of nitrogens with one attached hydrogen (secondary N) is 1. The second-order valence-electron chi connectivity index (χ2n) is 7.53. The fraction of sp³-hybridized carbons (Fsp3) is 0.350. The highest BCUT2D eigenvalue weighted by molar-refractivity contribution is 7.19. The Balaban J connectivity index is 1.59. The first kappa shape index (κ1) is 22.1. The molecular weight excluding hydrogens is 443 g/mol. The van der Waals surface area contributed by atoms with Crippen LogP contribution in [0.1, 0.15) is 23.3 Å². The minimum absolute atomic E-state index is 0.0200. The summed E-state index contributed by atoms with van der Waals surface area (Å²) in [6.07, 6.45) is 1.08. The number of thiazole rings is 1. The number of amides is 1. The van der Waals surface area contributed by atoms with E-state index in [1.165, 1.54) is 12.3 Å². The van der Waals surface area contributed by atoms with Crippen LogP contribution in [0.15, 0.2) is 24.4 Å². The van der Waals surface area contributed by atoms with Crippen LogP contribution in [0.25, 0.3) is 10.6 Å². The topological polar surface area (TPSA) is 115 Å². The second kappa shape index (κ2) is 8.79. The van der Waals surface area contributed by atoms with Crippen molar-refractivity contribution < 1.29 is 18.0 Å². The Hall–Kier alpha value is -3.12. The van der Waals surface area contributed by atoms with Gasteiger partial charge in [0.15, 0.2) is 11.5 Å². The summed E-state index contributed by atoms with van der Waals surface area (Å²) in [5.74, 6) is -1.66. The van der Waals surface area contributed by atoms with Gasteiger partial charge in [0.25, 0.3) is 5.91 Å². The van der Waals surface area contributed by atoms with Gasteiger partial charge in [-0.25, -0.2) is 18.2 Å². The molecule has 0 unspecified atom stereocenters. The molecule has 1 amide bonds. The number of aryl methyl sites for hydroxylation is 1.